The van der Waals surface area contributed by atoms with Crippen molar-refractivity contribution in [1.82, 2.24) is 9.97 Å². The summed E-state index contributed by atoms with van der Waals surface area (Å²) in [6.07, 6.45) is 3.17. The molecule has 3 N–H and O–H groups in total. The van der Waals surface area contributed by atoms with Crippen molar-refractivity contribution in [2.75, 3.05) is 5.32 Å². The molecule has 86 valence electrons. The summed E-state index contributed by atoms with van der Waals surface area (Å²) in [7, 11) is 0. The fourth-order valence-corrected chi connectivity index (χ4v) is 1.60. The third kappa shape index (κ3) is 2.57. The Morgan fingerprint density at radius 1 is 1.24 bits per heavy atom. The summed E-state index contributed by atoms with van der Waals surface area (Å²) in [5, 5.41) is 3.18. The molecule has 2 aromatic rings. The lowest BCUT2D eigenvalue weighted by molar-refractivity contribution is 1.17. The maximum atomic E-state index is 5.60. The van der Waals surface area contributed by atoms with Gasteiger partial charge >= 0.3 is 0 Å². The van der Waals surface area contributed by atoms with Gasteiger partial charge in [0.2, 0.25) is 0 Å². The Morgan fingerprint density at radius 2 is 1.94 bits per heavy atom. The zero-order valence-electron chi connectivity index (χ0n) is 9.34. The number of hydrogen-bond donors (Lipinski definition) is 2. The molecule has 0 radical (unpaired) electrons. The minimum atomic E-state index is 0.231. The number of nitrogens with zero attached hydrogens (tertiary/aromatic N) is 2. The predicted molar refractivity (Wildman–Crippen MR) is 72.4 cm³/mol. The van der Waals surface area contributed by atoms with Crippen molar-refractivity contribution in [1.29, 1.82) is 0 Å². The second-order valence-corrected chi connectivity index (χ2v) is 4.00. The third-order valence-electron chi connectivity index (χ3n) is 2.33. The number of aryl methyl sites for hydroxylation is 1. The molecule has 0 spiro atoms. The minimum Gasteiger partial charge on any atom is -0.388 e. The van der Waals surface area contributed by atoms with Crippen molar-refractivity contribution in [2.45, 2.75) is 6.92 Å². The number of hydrogen-bond acceptors (Lipinski definition) is 4. The molecule has 0 atom stereocenters. The van der Waals surface area contributed by atoms with Crippen molar-refractivity contribution in [3.63, 3.8) is 0 Å². The largest absolute Gasteiger partial charge is 0.388 e. The maximum absolute atomic E-state index is 5.60. The quantitative estimate of drug-likeness (QED) is 0.810. The molecule has 1 aromatic carbocycles. The number of rotatable bonds is 3. The summed E-state index contributed by atoms with van der Waals surface area (Å²) in [6.45, 7) is 2.01. The lowest BCUT2D eigenvalue weighted by Crippen LogP contribution is -2.15. The molecule has 0 unspecified atom stereocenters. The van der Waals surface area contributed by atoms with Gasteiger partial charge in [0.25, 0.3) is 0 Å². The van der Waals surface area contributed by atoms with Gasteiger partial charge in [-0.25, -0.2) is 9.97 Å². The summed E-state index contributed by atoms with van der Waals surface area (Å²) in [5.74, 6) is 0.578. The Balaban J connectivity index is 2.37. The van der Waals surface area contributed by atoms with E-state index in [2.05, 4.69) is 15.3 Å². The molecule has 0 amide bonds. The highest BCUT2D eigenvalue weighted by Gasteiger charge is 2.08. The fourth-order valence-electron chi connectivity index (χ4n) is 1.45. The Morgan fingerprint density at radius 3 is 2.65 bits per heavy atom. The van der Waals surface area contributed by atoms with Gasteiger partial charge in [0, 0.05) is 18.1 Å². The molecule has 0 aliphatic heterocycles. The molecule has 2 rings (SSSR count). The van der Waals surface area contributed by atoms with Crippen LogP contribution in [0.5, 0.6) is 0 Å². The third-order valence-corrected chi connectivity index (χ3v) is 2.52. The average Bonchev–Trinajstić information content (AvgIpc) is 2.32. The number of thiocarbonyl (C=S) groups is 1. The molecular weight excluding hydrogens is 232 g/mol. The van der Waals surface area contributed by atoms with Gasteiger partial charge in [-0.05, 0) is 18.6 Å². The van der Waals surface area contributed by atoms with Crippen LogP contribution in [0.4, 0.5) is 11.5 Å². The molecular formula is C12H12N4S. The van der Waals surface area contributed by atoms with Crippen LogP contribution in [0.25, 0.3) is 0 Å². The van der Waals surface area contributed by atoms with Crippen LogP contribution in [0.2, 0.25) is 0 Å². The predicted octanol–water partition coefficient (Wildman–Crippen LogP) is 2.16. The van der Waals surface area contributed by atoms with E-state index in [4.69, 9.17) is 18.0 Å². The lowest BCUT2D eigenvalue weighted by Gasteiger charge is -2.10. The van der Waals surface area contributed by atoms with E-state index in [-0.39, 0.29) is 4.99 Å². The van der Waals surface area contributed by atoms with Crippen LogP contribution in [-0.2, 0) is 0 Å². The highest BCUT2D eigenvalue weighted by molar-refractivity contribution is 7.80. The Hall–Kier alpha value is -2.01. The van der Waals surface area contributed by atoms with Gasteiger partial charge in [0.05, 0.1) is 0 Å². The minimum absolute atomic E-state index is 0.231. The molecule has 0 bridgehead atoms. The fraction of sp³-hybridized carbons (Fsp3) is 0.0833. The molecule has 5 heteroatoms. The Bertz CT molecular complexity index is 554. The molecule has 0 saturated heterocycles. The van der Waals surface area contributed by atoms with E-state index in [1.165, 1.54) is 0 Å². The molecule has 0 aliphatic carbocycles. The van der Waals surface area contributed by atoms with Gasteiger partial charge in [-0.2, -0.15) is 0 Å². The molecule has 1 aromatic heterocycles. The first kappa shape index (κ1) is 11.5. The van der Waals surface area contributed by atoms with Crippen LogP contribution in [-0.4, -0.2) is 15.0 Å². The summed E-state index contributed by atoms with van der Waals surface area (Å²) >= 11 is 4.93. The molecule has 1 heterocycles. The SMILES string of the molecule is Cc1ccccc1Nc1nccnc1C(N)=S. The number of nitrogens with one attached hydrogen (secondary N) is 1. The molecule has 0 aliphatic rings. The molecule has 17 heavy (non-hydrogen) atoms. The second-order valence-electron chi connectivity index (χ2n) is 3.56. The second kappa shape index (κ2) is 4.88. The van der Waals surface area contributed by atoms with E-state index < -0.39 is 0 Å². The molecule has 0 fully saturated rings. The van der Waals surface area contributed by atoms with Gasteiger partial charge < -0.3 is 11.1 Å². The Labute approximate surface area is 105 Å². The number of anilines is 2. The van der Waals surface area contributed by atoms with Crippen molar-refractivity contribution in [3.8, 4) is 0 Å². The van der Waals surface area contributed by atoms with Crippen LogP contribution in [0, 0.1) is 6.92 Å². The average molecular weight is 244 g/mol. The topological polar surface area (TPSA) is 63.8 Å². The van der Waals surface area contributed by atoms with Crippen molar-refractivity contribution >= 4 is 28.7 Å². The normalized spacial score (nSPS) is 9.94. The number of benzene rings is 1. The maximum Gasteiger partial charge on any atom is 0.159 e. The number of para-hydroxylation sites is 1. The van der Waals surface area contributed by atoms with Crippen LogP contribution < -0.4 is 11.1 Å². The highest BCUT2D eigenvalue weighted by atomic mass is 32.1. The Kier molecular flexibility index (Phi) is 3.30. The van der Waals surface area contributed by atoms with Gasteiger partial charge in [-0.15, -0.1) is 0 Å². The summed E-state index contributed by atoms with van der Waals surface area (Å²) < 4.78 is 0. The van der Waals surface area contributed by atoms with E-state index in [0.717, 1.165) is 11.3 Å². The van der Waals surface area contributed by atoms with Gasteiger partial charge in [0.1, 0.15) is 10.7 Å². The van der Waals surface area contributed by atoms with E-state index in [9.17, 15) is 0 Å². The van der Waals surface area contributed by atoms with Crippen molar-refractivity contribution < 1.29 is 0 Å². The lowest BCUT2D eigenvalue weighted by atomic mass is 10.2. The number of aromatic nitrogens is 2. The standard InChI is InChI=1S/C12H12N4S/c1-8-4-2-3-5-9(8)16-12-10(11(13)17)14-6-7-15-12/h2-7H,1H3,(H2,13,17)(H,15,16). The monoisotopic (exact) mass is 244 g/mol. The zero-order chi connectivity index (χ0) is 12.3. The van der Waals surface area contributed by atoms with Gasteiger partial charge in [-0.1, -0.05) is 30.4 Å². The first-order valence-corrected chi connectivity index (χ1v) is 5.53. The number of nitrogens with two attached hydrogens (primary N) is 1. The van der Waals surface area contributed by atoms with Gasteiger partial charge in [-0.3, -0.25) is 0 Å². The van der Waals surface area contributed by atoms with E-state index in [1.807, 2.05) is 31.2 Å². The van der Waals surface area contributed by atoms with Crippen LogP contribution in [0.15, 0.2) is 36.7 Å². The molecule has 0 saturated carbocycles. The molecule has 4 nitrogen and oxygen atoms in total. The first-order valence-electron chi connectivity index (χ1n) is 5.12. The zero-order valence-corrected chi connectivity index (χ0v) is 10.2. The van der Waals surface area contributed by atoms with E-state index in [1.54, 1.807) is 12.4 Å². The highest BCUT2D eigenvalue weighted by Crippen LogP contribution is 2.19. The van der Waals surface area contributed by atoms with E-state index >= 15 is 0 Å². The van der Waals surface area contributed by atoms with Crippen LogP contribution in [0.3, 0.4) is 0 Å². The van der Waals surface area contributed by atoms with Crippen molar-refractivity contribution in [2.24, 2.45) is 5.73 Å². The van der Waals surface area contributed by atoms with Crippen molar-refractivity contribution in [3.05, 3.63) is 47.9 Å². The van der Waals surface area contributed by atoms with Crippen LogP contribution in [0.1, 0.15) is 11.3 Å². The summed E-state index contributed by atoms with van der Waals surface area (Å²) in [6, 6.07) is 7.91. The van der Waals surface area contributed by atoms with E-state index in [0.29, 0.717) is 11.5 Å². The van der Waals surface area contributed by atoms with Gasteiger partial charge in [0.15, 0.2) is 5.82 Å². The summed E-state index contributed by atoms with van der Waals surface area (Å²) in [4.78, 5) is 8.54. The summed E-state index contributed by atoms with van der Waals surface area (Å²) in [5.41, 5.74) is 8.18. The first-order chi connectivity index (χ1) is 8.18. The smallest absolute Gasteiger partial charge is 0.159 e. The van der Waals surface area contributed by atoms with Crippen LogP contribution >= 0.6 is 12.2 Å².